The van der Waals surface area contributed by atoms with Gasteiger partial charge in [0.05, 0.1) is 6.54 Å². The average molecular weight is 283 g/mol. The Balaban J connectivity index is 2.01. The lowest BCUT2D eigenvalue weighted by Crippen LogP contribution is -2.32. The molecule has 102 valence electrons. The summed E-state index contributed by atoms with van der Waals surface area (Å²) in [5.41, 5.74) is 0. The van der Waals surface area contributed by atoms with E-state index in [1.165, 1.54) is 10.8 Å². The van der Waals surface area contributed by atoms with E-state index in [0.29, 0.717) is 29.2 Å². The Bertz CT molecular complexity index is 582. The van der Waals surface area contributed by atoms with Gasteiger partial charge in [-0.2, -0.15) is 19.6 Å². The van der Waals surface area contributed by atoms with Crippen LogP contribution in [0.1, 0.15) is 13.8 Å². The van der Waals surface area contributed by atoms with Crippen LogP contribution in [0.5, 0.6) is 0 Å². The van der Waals surface area contributed by atoms with Crippen LogP contribution in [0.15, 0.2) is 12.4 Å². The summed E-state index contributed by atoms with van der Waals surface area (Å²) < 4.78 is 1.49. The molecule has 0 spiro atoms. The predicted octanol–water partition coefficient (Wildman–Crippen LogP) is 0.962. The van der Waals surface area contributed by atoms with Gasteiger partial charge in [0, 0.05) is 12.6 Å². The van der Waals surface area contributed by atoms with Gasteiger partial charge < -0.3 is 10.6 Å². The van der Waals surface area contributed by atoms with E-state index in [1.807, 2.05) is 13.8 Å². The van der Waals surface area contributed by atoms with Gasteiger partial charge in [0.1, 0.15) is 17.3 Å². The number of hydrogen-bond donors (Lipinski definition) is 2. The molecular formula is C11H15ClN6O. The third kappa shape index (κ3) is 3.54. The molecule has 0 bridgehead atoms. The summed E-state index contributed by atoms with van der Waals surface area (Å²) in [4.78, 5) is 19.6. The molecule has 2 heterocycles. The molecule has 0 radical (unpaired) electrons. The largest absolute Gasteiger partial charge is 0.361 e. The van der Waals surface area contributed by atoms with Crippen LogP contribution < -0.4 is 10.6 Å². The van der Waals surface area contributed by atoms with Crippen LogP contribution in [0.3, 0.4) is 0 Å². The van der Waals surface area contributed by atoms with Gasteiger partial charge in [-0.1, -0.05) is 25.4 Å². The lowest BCUT2D eigenvalue weighted by atomic mass is 10.2. The van der Waals surface area contributed by atoms with Crippen LogP contribution in [-0.2, 0) is 4.79 Å². The highest BCUT2D eigenvalue weighted by Gasteiger charge is 2.08. The highest BCUT2D eigenvalue weighted by molar-refractivity contribution is 6.29. The Kier molecular flexibility index (Phi) is 4.16. The van der Waals surface area contributed by atoms with Gasteiger partial charge in [-0.25, -0.2) is 0 Å². The zero-order valence-electron chi connectivity index (χ0n) is 10.7. The van der Waals surface area contributed by atoms with Crippen LogP contribution in [0.2, 0.25) is 5.15 Å². The van der Waals surface area contributed by atoms with E-state index in [2.05, 4.69) is 25.7 Å². The molecule has 0 aromatic carbocycles. The normalized spacial score (nSPS) is 10.9. The van der Waals surface area contributed by atoms with Gasteiger partial charge >= 0.3 is 0 Å². The molecule has 19 heavy (non-hydrogen) atoms. The number of hydrogen-bond acceptors (Lipinski definition) is 5. The van der Waals surface area contributed by atoms with E-state index in [-0.39, 0.29) is 12.5 Å². The van der Waals surface area contributed by atoms with Crippen LogP contribution in [0.25, 0.3) is 5.78 Å². The molecule has 0 saturated heterocycles. The van der Waals surface area contributed by atoms with Gasteiger partial charge in [-0.05, 0) is 5.92 Å². The Morgan fingerprint density at radius 3 is 3.05 bits per heavy atom. The number of fused-ring (bicyclic) bond motifs is 1. The van der Waals surface area contributed by atoms with Crippen molar-refractivity contribution < 1.29 is 4.79 Å². The Morgan fingerprint density at radius 2 is 2.32 bits per heavy atom. The summed E-state index contributed by atoms with van der Waals surface area (Å²) in [6.45, 7) is 4.86. The Labute approximate surface area is 115 Å². The third-order valence-corrected chi connectivity index (χ3v) is 2.55. The zero-order chi connectivity index (χ0) is 13.8. The summed E-state index contributed by atoms with van der Waals surface area (Å²) in [5, 5.41) is 10.1. The fraction of sp³-hybridized carbons (Fsp3) is 0.455. The SMILES string of the molecule is CC(C)CNC(=O)CNc1cc(Cl)nc2ncnn12. The first-order valence-corrected chi connectivity index (χ1v) is 6.31. The molecule has 0 saturated carbocycles. The number of carbonyl (C=O) groups excluding carboxylic acids is 1. The molecule has 0 unspecified atom stereocenters. The van der Waals surface area contributed by atoms with E-state index >= 15 is 0 Å². The molecule has 2 rings (SSSR count). The second-order valence-electron chi connectivity index (χ2n) is 4.49. The average Bonchev–Trinajstić information content (AvgIpc) is 2.81. The van der Waals surface area contributed by atoms with Gasteiger partial charge in [0.25, 0.3) is 5.78 Å². The van der Waals surface area contributed by atoms with Crippen molar-refractivity contribution in [2.24, 2.45) is 5.92 Å². The van der Waals surface area contributed by atoms with Crippen molar-refractivity contribution in [2.75, 3.05) is 18.4 Å². The second kappa shape index (κ2) is 5.83. The van der Waals surface area contributed by atoms with E-state index in [9.17, 15) is 4.79 Å². The van der Waals surface area contributed by atoms with Crippen molar-refractivity contribution in [1.82, 2.24) is 24.9 Å². The second-order valence-corrected chi connectivity index (χ2v) is 4.87. The summed E-state index contributed by atoms with van der Waals surface area (Å²) in [6, 6.07) is 1.60. The van der Waals surface area contributed by atoms with Gasteiger partial charge in [0.15, 0.2) is 0 Å². The number of amides is 1. The standard InChI is InChI=1S/C11H15ClN6O/c1-7(2)4-14-10(19)5-13-9-3-8(12)17-11-15-6-16-18(9)11/h3,6-7,13H,4-5H2,1-2H3,(H,14,19). The molecule has 0 aliphatic carbocycles. The summed E-state index contributed by atoms with van der Waals surface area (Å²) >= 11 is 5.87. The first-order chi connectivity index (χ1) is 9.06. The van der Waals surface area contributed by atoms with Crippen LogP contribution >= 0.6 is 11.6 Å². The number of halogens is 1. The summed E-state index contributed by atoms with van der Waals surface area (Å²) in [6.07, 6.45) is 1.38. The van der Waals surface area contributed by atoms with Crippen molar-refractivity contribution in [3.63, 3.8) is 0 Å². The number of rotatable bonds is 5. The minimum Gasteiger partial charge on any atom is -0.361 e. The molecule has 8 heteroatoms. The smallest absolute Gasteiger partial charge is 0.255 e. The van der Waals surface area contributed by atoms with E-state index < -0.39 is 0 Å². The predicted molar refractivity (Wildman–Crippen MR) is 72.1 cm³/mol. The molecule has 0 aliphatic rings. The minimum atomic E-state index is -0.0881. The Hall–Kier alpha value is -1.89. The summed E-state index contributed by atoms with van der Waals surface area (Å²) in [5.74, 6) is 1.29. The number of aromatic nitrogens is 4. The van der Waals surface area contributed by atoms with Crippen molar-refractivity contribution in [2.45, 2.75) is 13.8 Å². The fourth-order valence-electron chi connectivity index (χ4n) is 1.46. The molecule has 0 fully saturated rings. The van der Waals surface area contributed by atoms with Crippen molar-refractivity contribution in [3.8, 4) is 0 Å². The molecule has 7 nitrogen and oxygen atoms in total. The highest BCUT2D eigenvalue weighted by atomic mass is 35.5. The number of nitrogens with one attached hydrogen (secondary N) is 2. The number of nitrogens with zero attached hydrogens (tertiary/aromatic N) is 4. The number of anilines is 1. The quantitative estimate of drug-likeness (QED) is 0.798. The first-order valence-electron chi connectivity index (χ1n) is 5.93. The fourth-order valence-corrected chi connectivity index (χ4v) is 1.64. The maximum absolute atomic E-state index is 11.6. The lowest BCUT2D eigenvalue weighted by Gasteiger charge is -2.10. The first kappa shape index (κ1) is 13.5. The monoisotopic (exact) mass is 282 g/mol. The lowest BCUT2D eigenvalue weighted by molar-refractivity contribution is -0.119. The van der Waals surface area contributed by atoms with Gasteiger partial charge in [-0.15, -0.1) is 0 Å². The van der Waals surface area contributed by atoms with E-state index in [0.717, 1.165) is 0 Å². The van der Waals surface area contributed by atoms with Gasteiger partial charge in [0.2, 0.25) is 5.91 Å². The van der Waals surface area contributed by atoms with E-state index in [1.54, 1.807) is 6.07 Å². The zero-order valence-corrected chi connectivity index (χ0v) is 11.5. The van der Waals surface area contributed by atoms with Gasteiger partial charge in [-0.3, -0.25) is 4.79 Å². The van der Waals surface area contributed by atoms with Crippen LogP contribution in [0, 0.1) is 5.92 Å². The molecule has 1 amide bonds. The summed E-state index contributed by atoms with van der Waals surface area (Å²) in [7, 11) is 0. The molecule has 2 N–H and O–H groups in total. The topological polar surface area (TPSA) is 84.2 Å². The van der Waals surface area contributed by atoms with Crippen molar-refractivity contribution in [3.05, 3.63) is 17.5 Å². The Morgan fingerprint density at radius 1 is 1.53 bits per heavy atom. The maximum atomic E-state index is 11.6. The molecule has 2 aromatic heterocycles. The number of carbonyl (C=O) groups is 1. The van der Waals surface area contributed by atoms with Crippen molar-refractivity contribution >= 4 is 29.1 Å². The molecule has 0 aliphatic heterocycles. The minimum absolute atomic E-state index is 0.0881. The third-order valence-electron chi connectivity index (χ3n) is 2.36. The maximum Gasteiger partial charge on any atom is 0.255 e. The van der Waals surface area contributed by atoms with Crippen LogP contribution in [-0.4, -0.2) is 38.6 Å². The van der Waals surface area contributed by atoms with Crippen LogP contribution in [0.4, 0.5) is 5.82 Å². The van der Waals surface area contributed by atoms with Crippen molar-refractivity contribution in [1.29, 1.82) is 0 Å². The highest BCUT2D eigenvalue weighted by Crippen LogP contribution is 2.13. The molecule has 2 aromatic rings. The molecule has 0 atom stereocenters. The van der Waals surface area contributed by atoms with E-state index in [4.69, 9.17) is 11.6 Å². The molecular weight excluding hydrogens is 268 g/mol.